The number of rotatable bonds is 8. The molecule has 6 heteroatoms. The Morgan fingerprint density at radius 2 is 1.90 bits per heavy atom. The Labute approximate surface area is 173 Å². The van der Waals surface area contributed by atoms with Crippen molar-refractivity contribution >= 4 is 18.4 Å². The number of carbonyl (C=O) groups excluding carboxylic acids is 3. The van der Waals surface area contributed by atoms with E-state index < -0.39 is 11.9 Å². The van der Waals surface area contributed by atoms with Gasteiger partial charge in [-0.1, -0.05) is 33.3 Å². The van der Waals surface area contributed by atoms with E-state index in [0.29, 0.717) is 24.4 Å². The van der Waals surface area contributed by atoms with Crippen LogP contribution in [0.4, 0.5) is 0 Å². The summed E-state index contributed by atoms with van der Waals surface area (Å²) in [5.41, 5.74) is 0.861. The summed E-state index contributed by atoms with van der Waals surface area (Å²) in [5.74, 6) is -0.369. The van der Waals surface area contributed by atoms with Crippen LogP contribution in [0.2, 0.25) is 0 Å². The molecule has 1 saturated carbocycles. The molecule has 0 aromatic carbocycles. The third-order valence-electron chi connectivity index (χ3n) is 6.80. The molecule has 4 unspecified atom stereocenters. The smallest absolute Gasteiger partial charge is 0.330 e. The lowest BCUT2D eigenvalue weighted by molar-refractivity contribution is -0.142. The molecule has 6 nitrogen and oxygen atoms in total. The first-order valence-corrected chi connectivity index (χ1v) is 10.3. The fourth-order valence-corrected chi connectivity index (χ4v) is 5.40. The van der Waals surface area contributed by atoms with Crippen LogP contribution in [0, 0.1) is 22.7 Å². The number of allylic oxidation sites excluding steroid dienone is 1. The zero-order valence-corrected chi connectivity index (χ0v) is 18.2. The van der Waals surface area contributed by atoms with Gasteiger partial charge in [0.2, 0.25) is 0 Å². The molecule has 0 amide bonds. The molecule has 4 atom stereocenters. The van der Waals surface area contributed by atoms with Crippen molar-refractivity contribution in [3.8, 4) is 0 Å². The largest absolute Gasteiger partial charge is 0.466 e. The Morgan fingerprint density at radius 1 is 1.17 bits per heavy atom. The van der Waals surface area contributed by atoms with Crippen molar-refractivity contribution in [2.75, 3.05) is 13.7 Å². The summed E-state index contributed by atoms with van der Waals surface area (Å²) in [6.45, 7) is 8.82. The zero-order chi connectivity index (χ0) is 21.7. The average molecular weight is 407 g/mol. The lowest BCUT2D eigenvalue weighted by Gasteiger charge is -2.56. The van der Waals surface area contributed by atoms with E-state index in [-0.39, 0.29) is 29.5 Å². The number of methoxy groups -OCH3 is 1. The molecule has 0 radical (unpaired) electrons. The summed E-state index contributed by atoms with van der Waals surface area (Å²) in [4.78, 5) is 34.1. The predicted octanol–water partition coefficient (Wildman–Crippen LogP) is 3.99. The highest BCUT2D eigenvalue weighted by molar-refractivity contribution is 5.82. The topological polar surface area (TPSA) is 78.9 Å². The summed E-state index contributed by atoms with van der Waals surface area (Å²) < 4.78 is 15.3. The molecule has 0 aromatic heterocycles. The van der Waals surface area contributed by atoms with Crippen LogP contribution in [-0.2, 0) is 28.6 Å². The highest BCUT2D eigenvalue weighted by Gasteiger charge is 2.53. The van der Waals surface area contributed by atoms with Crippen molar-refractivity contribution in [3.63, 3.8) is 0 Å². The van der Waals surface area contributed by atoms with Crippen molar-refractivity contribution in [2.24, 2.45) is 22.7 Å². The van der Waals surface area contributed by atoms with Crippen molar-refractivity contribution in [1.29, 1.82) is 0 Å². The molecule has 1 fully saturated rings. The Balaban J connectivity index is 2.26. The van der Waals surface area contributed by atoms with E-state index in [9.17, 15) is 14.4 Å². The van der Waals surface area contributed by atoms with E-state index in [0.717, 1.165) is 19.3 Å². The average Bonchev–Trinajstić information content (AvgIpc) is 2.64. The van der Waals surface area contributed by atoms with Gasteiger partial charge in [0.05, 0.1) is 7.11 Å². The first-order chi connectivity index (χ1) is 13.6. The maximum Gasteiger partial charge on any atom is 0.330 e. The van der Waals surface area contributed by atoms with E-state index >= 15 is 0 Å². The molecule has 2 aliphatic rings. The molecule has 2 rings (SSSR count). The minimum Gasteiger partial charge on any atom is -0.466 e. The minimum absolute atomic E-state index is 0.0119. The monoisotopic (exact) mass is 406 g/mol. The predicted molar refractivity (Wildman–Crippen MR) is 109 cm³/mol. The fraction of sp³-hybridized carbons (Fsp3) is 0.696. The Kier molecular flexibility index (Phi) is 7.66. The molecular formula is C23H34O6. The number of esters is 2. The first-order valence-electron chi connectivity index (χ1n) is 10.3. The first kappa shape index (κ1) is 23.2. The normalized spacial score (nSPS) is 30.8. The molecule has 0 aromatic rings. The van der Waals surface area contributed by atoms with Gasteiger partial charge in [-0.05, 0) is 54.1 Å². The van der Waals surface area contributed by atoms with Gasteiger partial charge in [0.25, 0.3) is 6.47 Å². The van der Waals surface area contributed by atoms with Crippen LogP contribution in [0.5, 0.6) is 0 Å². The van der Waals surface area contributed by atoms with Gasteiger partial charge in [-0.25, -0.2) is 4.79 Å². The van der Waals surface area contributed by atoms with E-state index in [4.69, 9.17) is 14.2 Å². The Hall–Kier alpha value is -2.11. The summed E-state index contributed by atoms with van der Waals surface area (Å²) in [6.07, 6.45) is 9.99. The van der Waals surface area contributed by atoms with Gasteiger partial charge in [-0.3, -0.25) is 9.59 Å². The lowest BCUT2D eigenvalue weighted by Crippen LogP contribution is -2.51. The molecule has 0 spiro atoms. The number of hydrogen-bond acceptors (Lipinski definition) is 6. The summed E-state index contributed by atoms with van der Waals surface area (Å²) in [6, 6.07) is 0. The summed E-state index contributed by atoms with van der Waals surface area (Å²) in [7, 11) is 1.32. The van der Waals surface area contributed by atoms with Gasteiger partial charge in [-0.2, -0.15) is 0 Å². The second kappa shape index (κ2) is 9.59. The van der Waals surface area contributed by atoms with Gasteiger partial charge >= 0.3 is 11.9 Å². The molecule has 2 aliphatic carbocycles. The second-order valence-corrected chi connectivity index (χ2v) is 9.16. The van der Waals surface area contributed by atoms with Crippen LogP contribution in [0.3, 0.4) is 0 Å². The van der Waals surface area contributed by atoms with Gasteiger partial charge in [0.1, 0.15) is 12.7 Å². The van der Waals surface area contributed by atoms with E-state index in [1.165, 1.54) is 26.5 Å². The van der Waals surface area contributed by atoms with Gasteiger partial charge in [0.15, 0.2) is 0 Å². The molecule has 162 valence electrons. The van der Waals surface area contributed by atoms with E-state index in [1.807, 2.05) is 6.08 Å². The Bertz CT molecular complexity index is 677. The number of ether oxygens (including phenoxy) is 3. The molecule has 0 aliphatic heterocycles. The van der Waals surface area contributed by atoms with Crippen LogP contribution in [0.15, 0.2) is 23.8 Å². The zero-order valence-electron chi connectivity index (χ0n) is 18.2. The molecule has 0 saturated heterocycles. The van der Waals surface area contributed by atoms with Crippen molar-refractivity contribution in [2.45, 2.75) is 65.9 Å². The maximum atomic E-state index is 11.7. The van der Waals surface area contributed by atoms with E-state index in [2.05, 4.69) is 26.8 Å². The maximum absolute atomic E-state index is 11.7. The third-order valence-corrected chi connectivity index (χ3v) is 6.80. The molecule has 29 heavy (non-hydrogen) atoms. The SMILES string of the molecule is COC(=O)C=C(CCC1C(OC=O)C=CC2C(C)(C)CCCC12C)COC(C)=O. The highest BCUT2D eigenvalue weighted by atomic mass is 16.5. The quantitative estimate of drug-likeness (QED) is 0.199. The van der Waals surface area contributed by atoms with Gasteiger partial charge in [0, 0.05) is 18.9 Å². The van der Waals surface area contributed by atoms with Crippen LogP contribution in [0.25, 0.3) is 0 Å². The molecule has 0 bridgehead atoms. The molecular weight excluding hydrogens is 372 g/mol. The fourth-order valence-electron chi connectivity index (χ4n) is 5.40. The molecule has 0 N–H and O–H groups in total. The highest BCUT2D eigenvalue weighted by Crippen LogP contribution is 2.59. The number of fused-ring (bicyclic) bond motifs is 1. The summed E-state index contributed by atoms with van der Waals surface area (Å²) in [5, 5.41) is 0. The lowest BCUT2D eigenvalue weighted by atomic mass is 9.49. The van der Waals surface area contributed by atoms with Gasteiger partial charge in [-0.15, -0.1) is 0 Å². The van der Waals surface area contributed by atoms with Crippen LogP contribution in [-0.4, -0.2) is 38.2 Å². The van der Waals surface area contributed by atoms with Crippen molar-refractivity contribution < 1.29 is 28.6 Å². The Morgan fingerprint density at radius 3 is 2.52 bits per heavy atom. The van der Waals surface area contributed by atoms with Gasteiger partial charge < -0.3 is 14.2 Å². The third kappa shape index (κ3) is 5.49. The van der Waals surface area contributed by atoms with Crippen molar-refractivity contribution in [3.05, 3.63) is 23.8 Å². The molecule has 0 heterocycles. The number of carbonyl (C=O) groups is 3. The standard InChI is InChI=1S/C23H34O6/c1-16(25)28-14-17(13-21(26)27-5)7-8-18-19(29-15-24)9-10-20-22(2,3)11-6-12-23(18,20)4/h9-10,13,15,18-20H,6-8,11-12,14H2,1-5H3. The van der Waals surface area contributed by atoms with E-state index in [1.54, 1.807) is 0 Å². The minimum atomic E-state index is -0.473. The van der Waals surface area contributed by atoms with Crippen LogP contribution < -0.4 is 0 Å². The number of hydrogen-bond donors (Lipinski definition) is 0. The second-order valence-electron chi connectivity index (χ2n) is 9.16. The van der Waals surface area contributed by atoms with Crippen LogP contribution >= 0.6 is 0 Å². The summed E-state index contributed by atoms with van der Waals surface area (Å²) >= 11 is 0. The van der Waals surface area contributed by atoms with Crippen molar-refractivity contribution in [1.82, 2.24) is 0 Å². The van der Waals surface area contributed by atoms with Crippen LogP contribution in [0.1, 0.15) is 59.8 Å².